The summed E-state index contributed by atoms with van der Waals surface area (Å²) in [4.78, 5) is 0. The molecular formula is C12H21Li. The van der Waals surface area contributed by atoms with E-state index < -0.39 is 0 Å². The smallest absolute Gasteiger partial charge is 1.00 e. The summed E-state index contributed by atoms with van der Waals surface area (Å²) in [6.45, 7) is 2.41. The minimum atomic E-state index is 0. The molecule has 1 heteroatoms. The molecule has 0 unspecified atom stereocenters. The first kappa shape index (κ1) is 10.1. The van der Waals surface area contributed by atoms with E-state index in [0.29, 0.717) is 0 Å². The van der Waals surface area contributed by atoms with Crippen molar-refractivity contribution in [3.8, 4) is 0 Å². The van der Waals surface area contributed by atoms with E-state index in [1.807, 2.05) is 0 Å². The molecule has 13 heavy (non-hydrogen) atoms. The van der Waals surface area contributed by atoms with Crippen molar-refractivity contribution >= 4 is 0 Å². The minimum Gasteiger partial charge on any atom is -1.00 e. The molecule has 4 saturated carbocycles. The second-order valence-corrected chi connectivity index (χ2v) is 5.50. The van der Waals surface area contributed by atoms with Crippen LogP contribution in [0, 0.1) is 29.6 Å². The van der Waals surface area contributed by atoms with Gasteiger partial charge in [-0.2, -0.15) is 0 Å². The molecule has 70 valence electrons. The summed E-state index contributed by atoms with van der Waals surface area (Å²) in [6, 6.07) is 0. The van der Waals surface area contributed by atoms with Crippen molar-refractivity contribution in [3.63, 3.8) is 0 Å². The Kier molecular flexibility index (Phi) is 2.83. The van der Waals surface area contributed by atoms with Gasteiger partial charge in [0.25, 0.3) is 0 Å². The predicted octanol–water partition coefficient (Wildman–Crippen LogP) is 0.585. The minimum absolute atomic E-state index is 0. The van der Waals surface area contributed by atoms with Crippen LogP contribution in [0.3, 0.4) is 0 Å². The average molecular weight is 172 g/mol. The van der Waals surface area contributed by atoms with Crippen LogP contribution in [0.5, 0.6) is 0 Å². The molecular weight excluding hydrogens is 151 g/mol. The van der Waals surface area contributed by atoms with Gasteiger partial charge in [0.15, 0.2) is 0 Å². The van der Waals surface area contributed by atoms with Gasteiger partial charge in [-0.1, -0.05) is 13.3 Å². The maximum Gasteiger partial charge on any atom is 1.00 e. The molecule has 0 radical (unpaired) electrons. The molecule has 4 aliphatic carbocycles. The number of hydrogen-bond donors (Lipinski definition) is 0. The molecule has 0 aliphatic heterocycles. The number of rotatable bonds is 1. The molecule has 0 aromatic heterocycles. The third kappa shape index (κ3) is 1.51. The number of hydrogen-bond acceptors (Lipinski definition) is 0. The molecule has 4 aliphatic rings. The fourth-order valence-electron chi connectivity index (χ4n) is 4.70. The summed E-state index contributed by atoms with van der Waals surface area (Å²) < 4.78 is 0. The largest absolute Gasteiger partial charge is 1.00 e. The Morgan fingerprint density at radius 3 is 1.77 bits per heavy atom. The van der Waals surface area contributed by atoms with E-state index in [4.69, 9.17) is 0 Å². The fourth-order valence-corrected chi connectivity index (χ4v) is 4.70. The quantitative estimate of drug-likeness (QED) is 0.508. The van der Waals surface area contributed by atoms with Gasteiger partial charge in [-0.25, -0.2) is 0 Å². The summed E-state index contributed by atoms with van der Waals surface area (Å²) in [5, 5.41) is 0. The second-order valence-electron chi connectivity index (χ2n) is 5.50. The second kappa shape index (κ2) is 3.63. The van der Waals surface area contributed by atoms with Crippen molar-refractivity contribution < 1.29 is 20.3 Å². The van der Waals surface area contributed by atoms with Crippen LogP contribution in [0.2, 0.25) is 0 Å². The van der Waals surface area contributed by atoms with E-state index in [-0.39, 0.29) is 20.3 Å². The zero-order valence-corrected chi connectivity index (χ0v) is 9.13. The van der Waals surface area contributed by atoms with E-state index in [1.54, 1.807) is 32.1 Å². The third-order valence-electron chi connectivity index (χ3n) is 4.89. The van der Waals surface area contributed by atoms with Crippen LogP contribution >= 0.6 is 0 Å². The van der Waals surface area contributed by atoms with Crippen molar-refractivity contribution in [1.29, 1.82) is 0 Å². The molecule has 0 nitrogen and oxygen atoms in total. The van der Waals surface area contributed by atoms with Gasteiger partial charge in [0, 0.05) is 0 Å². The van der Waals surface area contributed by atoms with Gasteiger partial charge < -0.3 is 1.43 Å². The molecule has 4 bridgehead atoms. The van der Waals surface area contributed by atoms with Crippen LogP contribution in [0.4, 0.5) is 0 Å². The van der Waals surface area contributed by atoms with Crippen molar-refractivity contribution in [2.45, 2.75) is 45.4 Å². The molecule has 0 aromatic rings. The van der Waals surface area contributed by atoms with E-state index in [0.717, 1.165) is 29.6 Å². The first-order valence-corrected chi connectivity index (χ1v) is 5.86. The molecule has 4 rings (SSSR count). The van der Waals surface area contributed by atoms with Crippen LogP contribution in [-0.2, 0) is 0 Å². The zero-order valence-electron chi connectivity index (χ0n) is 10.1. The van der Waals surface area contributed by atoms with E-state index >= 15 is 0 Å². The van der Waals surface area contributed by atoms with Gasteiger partial charge in [0.05, 0.1) is 0 Å². The molecule has 0 atom stereocenters. The first-order chi connectivity index (χ1) is 5.86. The Labute approximate surface area is 95.5 Å². The predicted molar refractivity (Wildman–Crippen MR) is 51.9 cm³/mol. The van der Waals surface area contributed by atoms with E-state index in [9.17, 15) is 0 Å². The Balaban J connectivity index is 0.000000490. The summed E-state index contributed by atoms with van der Waals surface area (Å²) in [5.41, 5.74) is 0. The van der Waals surface area contributed by atoms with E-state index in [2.05, 4.69) is 6.92 Å². The summed E-state index contributed by atoms with van der Waals surface area (Å²) in [7, 11) is 0. The molecule has 0 heterocycles. The average Bonchev–Trinajstić information content (AvgIpc) is 2.02. The van der Waals surface area contributed by atoms with Crippen LogP contribution in [0.25, 0.3) is 0 Å². The maximum atomic E-state index is 2.41. The Hall–Kier alpha value is 0.597. The Morgan fingerprint density at radius 1 is 0.923 bits per heavy atom. The van der Waals surface area contributed by atoms with Gasteiger partial charge in [0.1, 0.15) is 0 Å². The molecule has 4 fully saturated rings. The molecule has 0 N–H and O–H groups in total. The van der Waals surface area contributed by atoms with Crippen molar-refractivity contribution in [1.82, 2.24) is 0 Å². The molecule has 0 amide bonds. The SMILES string of the molecule is CCC1C2CC3CC(C2)CC1C3.[H-].[Li+]. The Morgan fingerprint density at radius 2 is 1.38 bits per heavy atom. The van der Waals surface area contributed by atoms with Crippen molar-refractivity contribution in [3.05, 3.63) is 0 Å². The van der Waals surface area contributed by atoms with Crippen LogP contribution in [0.1, 0.15) is 46.9 Å². The summed E-state index contributed by atoms with van der Waals surface area (Å²) >= 11 is 0. The molecule has 0 aromatic carbocycles. The summed E-state index contributed by atoms with van der Waals surface area (Å²) in [5.74, 6) is 5.78. The van der Waals surface area contributed by atoms with Crippen molar-refractivity contribution in [2.75, 3.05) is 0 Å². The van der Waals surface area contributed by atoms with Crippen LogP contribution in [0.15, 0.2) is 0 Å². The van der Waals surface area contributed by atoms with Crippen molar-refractivity contribution in [2.24, 2.45) is 29.6 Å². The standard InChI is InChI=1S/C12H20.Li.H/c1-2-12-10-4-8-3-9(6-10)7-11(12)5-8;;/h8-12H,2-7H2,1H3;;/q;+1;-1. The summed E-state index contributed by atoms with van der Waals surface area (Å²) in [6.07, 6.45) is 9.48. The third-order valence-corrected chi connectivity index (χ3v) is 4.89. The zero-order chi connectivity index (χ0) is 8.13. The molecule has 0 saturated heterocycles. The maximum absolute atomic E-state index is 2.41. The van der Waals surface area contributed by atoms with Crippen LogP contribution < -0.4 is 18.9 Å². The van der Waals surface area contributed by atoms with Gasteiger partial charge >= 0.3 is 18.9 Å². The monoisotopic (exact) mass is 172 g/mol. The normalized spacial score (nSPS) is 51.9. The van der Waals surface area contributed by atoms with Crippen LogP contribution in [-0.4, -0.2) is 0 Å². The van der Waals surface area contributed by atoms with Gasteiger partial charge in [-0.3, -0.25) is 0 Å². The first-order valence-electron chi connectivity index (χ1n) is 5.86. The Bertz CT molecular complexity index is 165. The van der Waals surface area contributed by atoms with Gasteiger partial charge in [0.2, 0.25) is 0 Å². The van der Waals surface area contributed by atoms with Gasteiger partial charge in [-0.05, 0) is 61.7 Å². The van der Waals surface area contributed by atoms with E-state index in [1.165, 1.54) is 6.42 Å². The van der Waals surface area contributed by atoms with Gasteiger partial charge in [-0.15, -0.1) is 0 Å². The molecule has 0 spiro atoms. The topological polar surface area (TPSA) is 0 Å². The fraction of sp³-hybridized carbons (Fsp3) is 1.00.